The number of thiazole rings is 1. The maximum Gasteiger partial charge on any atom is 0.224 e. The summed E-state index contributed by atoms with van der Waals surface area (Å²) in [5.41, 5.74) is 1.90. The summed E-state index contributed by atoms with van der Waals surface area (Å²) in [6.45, 7) is 2.13. The Kier molecular flexibility index (Phi) is 6.67. The molecule has 9 heteroatoms. The number of nitrogens with one attached hydrogen (secondary N) is 1. The van der Waals surface area contributed by atoms with E-state index in [1.807, 2.05) is 30.3 Å². The fraction of sp³-hybridized carbons (Fsp3) is 0.333. The number of nitrogens with zero attached hydrogens (tertiary/aromatic N) is 2. The van der Waals surface area contributed by atoms with E-state index in [0.29, 0.717) is 23.0 Å². The van der Waals surface area contributed by atoms with Gasteiger partial charge < -0.3 is 10.2 Å². The number of carbonyl (C=O) groups excluding carboxylic acids is 1. The number of fused-ring (bicyclic) bond motifs is 1. The molecular formula is C21H23ClN4O2S2. The second-order valence-electron chi connectivity index (χ2n) is 7.35. The molecule has 1 aliphatic heterocycles. The summed E-state index contributed by atoms with van der Waals surface area (Å²) < 4.78 is 12.3. The summed E-state index contributed by atoms with van der Waals surface area (Å²) in [5, 5.41) is 10.0. The zero-order chi connectivity index (χ0) is 21.1. The van der Waals surface area contributed by atoms with Gasteiger partial charge in [0.05, 0.1) is 20.5 Å². The molecule has 6 nitrogen and oxygen atoms in total. The van der Waals surface area contributed by atoms with Crippen LogP contribution in [0.2, 0.25) is 5.02 Å². The third kappa shape index (κ3) is 4.83. The average Bonchev–Trinajstić information content (AvgIpc) is 3.20. The quantitative estimate of drug-likeness (QED) is 0.586. The van der Waals surface area contributed by atoms with E-state index in [9.17, 15) is 9.00 Å². The summed E-state index contributed by atoms with van der Waals surface area (Å²) in [7, 11) is -1.47. The van der Waals surface area contributed by atoms with Crippen LogP contribution >= 0.6 is 22.9 Å². The molecule has 0 radical (unpaired) electrons. The summed E-state index contributed by atoms with van der Waals surface area (Å²) in [5.74, 6) is 0.0294. The zero-order valence-electron chi connectivity index (χ0n) is 16.3. The number of aromatic nitrogens is 1. The zero-order valence-corrected chi connectivity index (χ0v) is 18.7. The lowest BCUT2D eigenvalue weighted by atomic mass is 9.97. The number of hydrogen-bond donors (Lipinski definition) is 2. The number of amides is 1. The van der Waals surface area contributed by atoms with Crippen LogP contribution in [-0.2, 0) is 22.2 Å². The van der Waals surface area contributed by atoms with Gasteiger partial charge in [-0.2, -0.15) is 0 Å². The predicted octanol–water partition coefficient (Wildman–Crippen LogP) is 3.51. The van der Waals surface area contributed by atoms with E-state index in [-0.39, 0.29) is 11.8 Å². The van der Waals surface area contributed by atoms with Gasteiger partial charge in [0.25, 0.3) is 0 Å². The van der Waals surface area contributed by atoms with Gasteiger partial charge in [0.1, 0.15) is 16.5 Å². The van der Waals surface area contributed by atoms with E-state index < -0.39 is 11.0 Å². The SMILES string of the molecule is NS(=O)c1ccc(CCNC(=O)C2CCCN(c3nc4c(Cl)cccc4s3)C2)cc1. The molecule has 3 N–H and O–H groups in total. The molecular weight excluding hydrogens is 440 g/mol. The van der Waals surface area contributed by atoms with Crippen molar-refractivity contribution >= 4 is 55.2 Å². The Hall–Kier alpha value is -2.00. The number of hydrogen-bond acceptors (Lipinski definition) is 5. The van der Waals surface area contributed by atoms with Crippen molar-refractivity contribution in [1.29, 1.82) is 0 Å². The van der Waals surface area contributed by atoms with E-state index in [0.717, 1.165) is 46.7 Å². The van der Waals surface area contributed by atoms with Crippen LogP contribution in [0.15, 0.2) is 47.4 Å². The van der Waals surface area contributed by atoms with Gasteiger partial charge in [-0.3, -0.25) is 4.79 Å². The Labute approximate surface area is 187 Å². The number of carbonyl (C=O) groups is 1. The van der Waals surface area contributed by atoms with Gasteiger partial charge in [-0.05, 0) is 49.1 Å². The summed E-state index contributed by atoms with van der Waals surface area (Å²) in [6, 6.07) is 13.1. The molecule has 1 saturated heterocycles. The van der Waals surface area contributed by atoms with Gasteiger partial charge in [-0.25, -0.2) is 14.3 Å². The molecule has 2 heterocycles. The largest absolute Gasteiger partial charge is 0.355 e. The Bertz CT molecular complexity index is 1070. The Morgan fingerprint density at radius 1 is 1.30 bits per heavy atom. The molecule has 0 spiro atoms. The van der Waals surface area contributed by atoms with Crippen LogP contribution in [0.5, 0.6) is 0 Å². The minimum absolute atomic E-state index is 0.0525. The van der Waals surface area contributed by atoms with Gasteiger partial charge in [-0.1, -0.05) is 41.1 Å². The summed E-state index contributed by atoms with van der Waals surface area (Å²) in [6.07, 6.45) is 2.56. The Morgan fingerprint density at radius 3 is 2.83 bits per heavy atom. The standard InChI is InChI=1S/C21H23ClN4O2S2/c22-17-4-1-5-18-19(17)25-21(29-18)26-12-2-3-15(13-26)20(27)24-11-10-14-6-8-16(9-7-14)30(23)28/h1,4-9,15H,2-3,10-13,23H2,(H,24,27). The molecule has 0 bridgehead atoms. The van der Waals surface area contributed by atoms with Crippen molar-refractivity contribution in [3.8, 4) is 0 Å². The van der Waals surface area contributed by atoms with Crippen LogP contribution in [0.1, 0.15) is 18.4 Å². The third-order valence-corrected chi connectivity index (χ3v) is 7.41. The highest BCUT2D eigenvalue weighted by atomic mass is 35.5. The fourth-order valence-electron chi connectivity index (χ4n) is 3.67. The first-order valence-electron chi connectivity index (χ1n) is 9.84. The first-order valence-corrected chi connectivity index (χ1v) is 12.2. The number of anilines is 1. The normalized spacial score (nSPS) is 17.8. The van der Waals surface area contributed by atoms with E-state index in [1.54, 1.807) is 23.5 Å². The van der Waals surface area contributed by atoms with Gasteiger partial charge in [-0.15, -0.1) is 0 Å². The number of piperidine rings is 1. The van der Waals surface area contributed by atoms with E-state index in [4.69, 9.17) is 21.7 Å². The van der Waals surface area contributed by atoms with E-state index in [1.165, 1.54) is 0 Å². The molecule has 0 aliphatic carbocycles. The molecule has 1 aliphatic rings. The maximum atomic E-state index is 12.7. The fourth-order valence-corrected chi connectivity index (χ4v) is 5.37. The second-order valence-corrected chi connectivity index (χ2v) is 9.83. The second kappa shape index (κ2) is 9.43. The molecule has 1 fully saturated rings. The minimum Gasteiger partial charge on any atom is -0.355 e. The van der Waals surface area contributed by atoms with Crippen LogP contribution in [0, 0.1) is 5.92 Å². The number of nitrogens with two attached hydrogens (primary N) is 1. The average molecular weight is 463 g/mol. The molecule has 0 saturated carbocycles. The van der Waals surface area contributed by atoms with Crippen molar-refractivity contribution in [3.05, 3.63) is 53.1 Å². The lowest BCUT2D eigenvalue weighted by molar-refractivity contribution is -0.125. The van der Waals surface area contributed by atoms with E-state index in [2.05, 4.69) is 10.2 Å². The molecule has 2 unspecified atom stereocenters. The number of benzene rings is 2. The topological polar surface area (TPSA) is 88.3 Å². The van der Waals surface area contributed by atoms with Gasteiger partial charge in [0, 0.05) is 19.6 Å². The van der Waals surface area contributed by atoms with E-state index >= 15 is 0 Å². The van der Waals surface area contributed by atoms with Gasteiger partial charge >= 0.3 is 0 Å². The van der Waals surface area contributed by atoms with Crippen LogP contribution in [0.3, 0.4) is 0 Å². The first-order chi connectivity index (χ1) is 14.5. The van der Waals surface area contributed by atoms with Crippen molar-refractivity contribution in [3.63, 3.8) is 0 Å². The smallest absolute Gasteiger partial charge is 0.224 e. The summed E-state index contributed by atoms with van der Waals surface area (Å²) in [4.78, 5) is 20.2. The summed E-state index contributed by atoms with van der Waals surface area (Å²) >= 11 is 7.88. The molecule has 3 aromatic rings. The van der Waals surface area contributed by atoms with Crippen LogP contribution in [0.25, 0.3) is 10.2 Å². The van der Waals surface area contributed by atoms with Crippen LogP contribution in [0.4, 0.5) is 5.13 Å². The van der Waals surface area contributed by atoms with Crippen LogP contribution in [-0.4, -0.2) is 34.7 Å². The van der Waals surface area contributed by atoms with Gasteiger partial charge in [0.15, 0.2) is 5.13 Å². The highest BCUT2D eigenvalue weighted by molar-refractivity contribution is 7.82. The molecule has 4 rings (SSSR count). The molecule has 2 aromatic carbocycles. The lowest BCUT2D eigenvalue weighted by Crippen LogP contribution is -2.43. The first kappa shape index (κ1) is 21.2. The van der Waals surface area contributed by atoms with Crippen molar-refractivity contribution < 1.29 is 9.00 Å². The molecule has 1 aromatic heterocycles. The van der Waals surface area contributed by atoms with Crippen molar-refractivity contribution in [2.45, 2.75) is 24.2 Å². The molecule has 2 atom stereocenters. The third-order valence-electron chi connectivity index (χ3n) is 5.29. The van der Waals surface area contributed by atoms with Crippen molar-refractivity contribution in [2.75, 3.05) is 24.5 Å². The highest BCUT2D eigenvalue weighted by Crippen LogP contribution is 2.34. The molecule has 158 valence electrons. The Balaban J connectivity index is 1.32. The van der Waals surface area contributed by atoms with Gasteiger partial charge in [0.2, 0.25) is 5.91 Å². The van der Waals surface area contributed by atoms with Crippen molar-refractivity contribution in [2.24, 2.45) is 11.1 Å². The monoisotopic (exact) mass is 462 g/mol. The number of para-hydroxylation sites is 1. The molecule has 1 amide bonds. The van der Waals surface area contributed by atoms with Crippen LogP contribution < -0.4 is 15.4 Å². The predicted molar refractivity (Wildman–Crippen MR) is 123 cm³/mol. The highest BCUT2D eigenvalue weighted by Gasteiger charge is 2.27. The van der Waals surface area contributed by atoms with Crippen molar-refractivity contribution in [1.82, 2.24) is 10.3 Å². The lowest BCUT2D eigenvalue weighted by Gasteiger charge is -2.31. The number of rotatable bonds is 6. The Morgan fingerprint density at radius 2 is 2.10 bits per heavy atom. The molecule has 30 heavy (non-hydrogen) atoms. The minimum atomic E-state index is -1.47. The number of halogens is 1. The maximum absolute atomic E-state index is 12.7.